The van der Waals surface area contributed by atoms with Gasteiger partial charge in [0.05, 0.1) is 12.6 Å². The van der Waals surface area contributed by atoms with Crippen LogP contribution >= 0.6 is 0 Å². The average molecular weight is 277 g/mol. The van der Waals surface area contributed by atoms with Crippen molar-refractivity contribution >= 4 is 11.0 Å². The first-order valence-electron chi connectivity index (χ1n) is 7.22. The Bertz CT molecular complexity index is 593. The highest BCUT2D eigenvalue weighted by Gasteiger charge is 2.26. The standard InChI is InChI=1S/C16H20FNO2/c1-11(19)7-14-3-2-6-18(14)10-15-9-12-8-13(17)4-5-16(12)20-15/h4-5,8-9,11,14,19H,2-3,6-7,10H2,1H3. The Morgan fingerprint density at radius 2 is 2.30 bits per heavy atom. The van der Waals surface area contributed by atoms with Crippen LogP contribution < -0.4 is 0 Å². The summed E-state index contributed by atoms with van der Waals surface area (Å²) in [5.74, 6) is 0.626. The van der Waals surface area contributed by atoms with E-state index < -0.39 is 0 Å². The number of aliphatic hydroxyl groups excluding tert-OH is 1. The molecule has 0 bridgehead atoms. The van der Waals surface area contributed by atoms with E-state index in [2.05, 4.69) is 4.90 Å². The van der Waals surface area contributed by atoms with E-state index in [0.29, 0.717) is 6.04 Å². The predicted molar refractivity (Wildman–Crippen MR) is 75.9 cm³/mol. The lowest BCUT2D eigenvalue weighted by molar-refractivity contribution is 0.127. The topological polar surface area (TPSA) is 36.6 Å². The van der Waals surface area contributed by atoms with E-state index in [1.165, 1.54) is 12.1 Å². The minimum Gasteiger partial charge on any atom is -0.460 e. The molecular formula is C16H20FNO2. The van der Waals surface area contributed by atoms with Crippen molar-refractivity contribution in [2.45, 2.75) is 44.9 Å². The highest BCUT2D eigenvalue weighted by molar-refractivity contribution is 5.77. The molecule has 1 aromatic carbocycles. The summed E-state index contributed by atoms with van der Waals surface area (Å²) in [6.45, 7) is 3.59. The lowest BCUT2D eigenvalue weighted by Crippen LogP contribution is -2.31. The monoisotopic (exact) mass is 277 g/mol. The van der Waals surface area contributed by atoms with Gasteiger partial charge in [-0.3, -0.25) is 4.90 Å². The van der Waals surface area contributed by atoms with Crippen LogP contribution in [-0.4, -0.2) is 28.7 Å². The van der Waals surface area contributed by atoms with E-state index >= 15 is 0 Å². The van der Waals surface area contributed by atoms with Crippen LogP contribution in [0.1, 0.15) is 31.9 Å². The number of furan rings is 1. The van der Waals surface area contributed by atoms with Gasteiger partial charge in [-0.05, 0) is 57.0 Å². The molecular weight excluding hydrogens is 257 g/mol. The van der Waals surface area contributed by atoms with Crippen LogP contribution in [0.2, 0.25) is 0 Å². The van der Waals surface area contributed by atoms with Crippen LogP contribution in [0.3, 0.4) is 0 Å². The van der Waals surface area contributed by atoms with Crippen molar-refractivity contribution in [1.29, 1.82) is 0 Å². The Morgan fingerprint density at radius 3 is 3.10 bits per heavy atom. The molecule has 0 spiro atoms. The fourth-order valence-corrected chi connectivity index (χ4v) is 3.11. The molecule has 0 amide bonds. The van der Waals surface area contributed by atoms with Crippen LogP contribution in [-0.2, 0) is 6.54 Å². The third kappa shape index (κ3) is 2.86. The molecule has 2 aromatic rings. The van der Waals surface area contributed by atoms with Gasteiger partial charge in [-0.2, -0.15) is 0 Å². The lowest BCUT2D eigenvalue weighted by Gasteiger charge is -2.24. The smallest absolute Gasteiger partial charge is 0.134 e. The summed E-state index contributed by atoms with van der Waals surface area (Å²) in [6.07, 6.45) is 2.81. The van der Waals surface area contributed by atoms with Crippen molar-refractivity contribution < 1.29 is 13.9 Å². The minimum absolute atomic E-state index is 0.238. The Hall–Kier alpha value is -1.39. The molecule has 1 aromatic heterocycles. The van der Waals surface area contributed by atoms with Gasteiger partial charge in [-0.25, -0.2) is 4.39 Å². The molecule has 4 heteroatoms. The Labute approximate surface area is 118 Å². The molecule has 0 saturated carbocycles. The molecule has 1 fully saturated rings. The van der Waals surface area contributed by atoms with Gasteiger partial charge < -0.3 is 9.52 Å². The van der Waals surface area contributed by atoms with Crippen molar-refractivity contribution in [3.8, 4) is 0 Å². The van der Waals surface area contributed by atoms with Crippen molar-refractivity contribution in [3.63, 3.8) is 0 Å². The third-order valence-electron chi connectivity index (χ3n) is 4.00. The lowest BCUT2D eigenvalue weighted by atomic mass is 10.1. The third-order valence-corrected chi connectivity index (χ3v) is 4.00. The first-order valence-corrected chi connectivity index (χ1v) is 7.22. The first-order chi connectivity index (χ1) is 9.61. The second-order valence-electron chi connectivity index (χ2n) is 5.75. The molecule has 0 aliphatic carbocycles. The van der Waals surface area contributed by atoms with Gasteiger partial charge in [0.25, 0.3) is 0 Å². The Kier molecular flexibility index (Phi) is 3.76. The minimum atomic E-state index is -0.273. The van der Waals surface area contributed by atoms with E-state index in [0.717, 1.165) is 49.1 Å². The number of hydrogen-bond acceptors (Lipinski definition) is 3. The van der Waals surface area contributed by atoms with Crippen molar-refractivity contribution in [1.82, 2.24) is 4.90 Å². The van der Waals surface area contributed by atoms with Crippen LogP contribution in [0.15, 0.2) is 28.7 Å². The number of nitrogens with zero attached hydrogens (tertiary/aromatic N) is 1. The maximum atomic E-state index is 13.2. The number of likely N-dealkylation sites (tertiary alicyclic amines) is 1. The summed E-state index contributed by atoms with van der Waals surface area (Å²) >= 11 is 0. The van der Waals surface area contributed by atoms with Crippen LogP contribution in [0, 0.1) is 5.82 Å². The van der Waals surface area contributed by atoms with Crippen molar-refractivity contribution in [2.75, 3.05) is 6.54 Å². The first kappa shape index (κ1) is 13.6. The number of aliphatic hydroxyl groups is 1. The maximum Gasteiger partial charge on any atom is 0.134 e. The summed E-state index contributed by atoms with van der Waals surface area (Å²) in [4.78, 5) is 2.35. The van der Waals surface area contributed by atoms with Gasteiger partial charge in [-0.1, -0.05) is 0 Å². The van der Waals surface area contributed by atoms with E-state index in [4.69, 9.17) is 4.42 Å². The number of rotatable bonds is 4. The second kappa shape index (κ2) is 5.54. The summed E-state index contributed by atoms with van der Waals surface area (Å²) in [6, 6.07) is 6.92. The zero-order chi connectivity index (χ0) is 14.1. The average Bonchev–Trinajstić information content (AvgIpc) is 2.95. The molecule has 1 aliphatic heterocycles. The van der Waals surface area contributed by atoms with Crippen molar-refractivity contribution in [2.24, 2.45) is 0 Å². The summed E-state index contributed by atoms with van der Waals surface area (Å²) < 4.78 is 18.9. The molecule has 2 atom stereocenters. The number of benzene rings is 1. The van der Waals surface area contributed by atoms with E-state index in [-0.39, 0.29) is 11.9 Å². The Balaban J connectivity index is 1.75. The van der Waals surface area contributed by atoms with Gasteiger partial charge in [0.2, 0.25) is 0 Å². The van der Waals surface area contributed by atoms with Crippen molar-refractivity contribution in [3.05, 3.63) is 35.8 Å². The van der Waals surface area contributed by atoms with E-state index in [1.807, 2.05) is 13.0 Å². The number of hydrogen-bond donors (Lipinski definition) is 1. The van der Waals surface area contributed by atoms with Gasteiger partial charge in [-0.15, -0.1) is 0 Å². The summed E-state index contributed by atoms with van der Waals surface area (Å²) in [7, 11) is 0. The predicted octanol–water partition coefficient (Wildman–Crippen LogP) is 3.31. The quantitative estimate of drug-likeness (QED) is 0.931. The number of fused-ring (bicyclic) bond motifs is 1. The zero-order valence-corrected chi connectivity index (χ0v) is 11.7. The van der Waals surface area contributed by atoms with Crippen LogP contribution in [0.25, 0.3) is 11.0 Å². The van der Waals surface area contributed by atoms with Crippen LogP contribution in [0.4, 0.5) is 4.39 Å². The largest absolute Gasteiger partial charge is 0.460 e. The molecule has 20 heavy (non-hydrogen) atoms. The highest BCUT2D eigenvalue weighted by atomic mass is 19.1. The summed E-state index contributed by atoms with van der Waals surface area (Å²) in [5.41, 5.74) is 0.729. The van der Waals surface area contributed by atoms with E-state index in [1.54, 1.807) is 6.07 Å². The highest BCUT2D eigenvalue weighted by Crippen LogP contribution is 2.26. The number of halogens is 1. The molecule has 0 radical (unpaired) electrons. The fourth-order valence-electron chi connectivity index (χ4n) is 3.11. The van der Waals surface area contributed by atoms with E-state index in [9.17, 15) is 9.50 Å². The second-order valence-corrected chi connectivity index (χ2v) is 5.75. The molecule has 3 nitrogen and oxygen atoms in total. The molecule has 1 aliphatic rings. The fraction of sp³-hybridized carbons (Fsp3) is 0.500. The Morgan fingerprint density at radius 1 is 1.45 bits per heavy atom. The van der Waals surface area contributed by atoms with Gasteiger partial charge in [0.15, 0.2) is 0 Å². The van der Waals surface area contributed by atoms with Gasteiger partial charge in [0, 0.05) is 11.4 Å². The maximum absolute atomic E-state index is 13.2. The van der Waals surface area contributed by atoms with Crippen LogP contribution in [0.5, 0.6) is 0 Å². The molecule has 1 N–H and O–H groups in total. The molecule has 108 valence electrons. The molecule has 2 heterocycles. The molecule has 1 saturated heterocycles. The normalized spacial score (nSPS) is 21.6. The van der Waals surface area contributed by atoms with Gasteiger partial charge >= 0.3 is 0 Å². The molecule has 3 rings (SSSR count). The molecule has 2 unspecified atom stereocenters. The zero-order valence-electron chi connectivity index (χ0n) is 11.7. The van der Waals surface area contributed by atoms with Gasteiger partial charge in [0.1, 0.15) is 17.2 Å². The summed E-state index contributed by atoms with van der Waals surface area (Å²) in [5, 5.41) is 10.4. The SMILES string of the molecule is CC(O)CC1CCCN1Cc1cc2cc(F)ccc2o1.